The van der Waals surface area contributed by atoms with E-state index in [2.05, 4.69) is 4.99 Å². The largest absolute Gasteiger partial charge is 0.464 e. The molecule has 2 aliphatic rings. The summed E-state index contributed by atoms with van der Waals surface area (Å²) in [5.41, 5.74) is 2.73. The van der Waals surface area contributed by atoms with Crippen molar-refractivity contribution in [1.29, 1.82) is 0 Å². The Balaban J connectivity index is 2.23. The number of hydrogen-bond donors (Lipinski definition) is 1. The van der Waals surface area contributed by atoms with E-state index < -0.39 is 5.97 Å². The first-order chi connectivity index (χ1) is 9.72. The van der Waals surface area contributed by atoms with E-state index in [1.54, 1.807) is 18.2 Å². The van der Waals surface area contributed by atoms with Gasteiger partial charge in [0.05, 0.1) is 18.5 Å². The van der Waals surface area contributed by atoms with Crippen LogP contribution in [0.25, 0.3) is 5.57 Å². The summed E-state index contributed by atoms with van der Waals surface area (Å²) in [6, 6.07) is 7.38. The van der Waals surface area contributed by atoms with Crippen LogP contribution in [0.4, 0.5) is 5.69 Å². The van der Waals surface area contributed by atoms with Gasteiger partial charge in [-0.1, -0.05) is 24.3 Å². The molecule has 0 saturated heterocycles. The molecule has 1 N–H and O–H groups in total. The van der Waals surface area contributed by atoms with E-state index >= 15 is 0 Å². The molecule has 0 spiro atoms. The average Bonchev–Trinajstić information content (AvgIpc) is 2.86. The number of fused-ring (bicyclic) bond motifs is 1. The Morgan fingerprint density at radius 3 is 2.85 bits per heavy atom. The van der Waals surface area contributed by atoms with E-state index in [1.807, 2.05) is 24.3 Å². The molecule has 1 aromatic carbocycles. The van der Waals surface area contributed by atoms with Crippen LogP contribution in [0.2, 0.25) is 0 Å². The molecule has 20 heavy (non-hydrogen) atoms. The molecule has 2 heterocycles. The summed E-state index contributed by atoms with van der Waals surface area (Å²) >= 11 is 0. The van der Waals surface area contributed by atoms with E-state index in [4.69, 9.17) is 4.74 Å². The standard InChI is InChI=1S/C15H12N2O3/c1-20-15(18)14-13(12-8-4-5-9-17(12)19)10-6-2-3-7-11(10)16-14/h2-9,19H,1H3/b13-12+. The van der Waals surface area contributed by atoms with Crippen LogP contribution in [-0.2, 0) is 9.53 Å². The summed E-state index contributed by atoms with van der Waals surface area (Å²) in [5, 5.41) is 10.9. The number of hydroxylamine groups is 2. The topological polar surface area (TPSA) is 62.1 Å². The number of benzene rings is 1. The van der Waals surface area contributed by atoms with Gasteiger partial charge in [0.15, 0.2) is 5.71 Å². The second-order valence-corrected chi connectivity index (χ2v) is 4.27. The van der Waals surface area contributed by atoms with Crippen LogP contribution in [0.15, 0.2) is 59.4 Å². The lowest BCUT2D eigenvalue weighted by atomic mass is 9.99. The molecule has 0 aromatic heterocycles. The lowest BCUT2D eigenvalue weighted by molar-refractivity contribution is -0.132. The zero-order chi connectivity index (χ0) is 14.1. The summed E-state index contributed by atoms with van der Waals surface area (Å²) < 4.78 is 4.78. The first-order valence-electron chi connectivity index (χ1n) is 6.06. The van der Waals surface area contributed by atoms with Gasteiger partial charge in [-0.15, -0.1) is 0 Å². The smallest absolute Gasteiger partial charge is 0.357 e. The molecule has 0 amide bonds. The van der Waals surface area contributed by atoms with Crippen LogP contribution < -0.4 is 0 Å². The maximum absolute atomic E-state index is 11.9. The first kappa shape index (κ1) is 12.4. The van der Waals surface area contributed by atoms with Crippen molar-refractivity contribution < 1.29 is 14.7 Å². The van der Waals surface area contributed by atoms with Crippen LogP contribution in [0.5, 0.6) is 0 Å². The number of hydrogen-bond acceptors (Lipinski definition) is 5. The van der Waals surface area contributed by atoms with Crippen LogP contribution in [-0.4, -0.2) is 29.1 Å². The Hall–Kier alpha value is -2.66. The first-order valence-corrected chi connectivity index (χ1v) is 6.06. The molecule has 0 unspecified atom stereocenters. The normalized spacial score (nSPS) is 19.9. The Kier molecular flexibility index (Phi) is 2.96. The molecule has 0 saturated carbocycles. The molecule has 5 heteroatoms. The van der Waals surface area contributed by atoms with Crippen LogP contribution in [0, 0.1) is 0 Å². The fraction of sp³-hybridized carbons (Fsp3) is 0.0667. The van der Waals surface area contributed by atoms with Gasteiger partial charge in [0.1, 0.15) is 0 Å². The number of methoxy groups -OCH3 is 1. The van der Waals surface area contributed by atoms with Gasteiger partial charge in [0.25, 0.3) is 0 Å². The van der Waals surface area contributed by atoms with E-state index in [-0.39, 0.29) is 5.71 Å². The maximum atomic E-state index is 11.9. The molecular weight excluding hydrogens is 256 g/mol. The molecule has 3 rings (SSSR count). The molecule has 0 fully saturated rings. The van der Waals surface area contributed by atoms with Crippen molar-refractivity contribution in [2.75, 3.05) is 7.11 Å². The zero-order valence-electron chi connectivity index (χ0n) is 10.8. The van der Waals surface area contributed by atoms with E-state index in [0.717, 1.165) is 10.6 Å². The van der Waals surface area contributed by atoms with Gasteiger partial charge in [0.2, 0.25) is 0 Å². The van der Waals surface area contributed by atoms with Crippen molar-refractivity contribution >= 4 is 22.9 Å². The number of nitrogens with zero attached hydrogens (tertiary/aromatic N) is 2. The van der Waals surface area contributed by atoms with Gasteiger partial charge in [-0.3, -0.25) is 5.21 Å². The lowest BCUT2D eigenvalue weighted by Gasteiger charge is -2.19. The Morgan fingerprint density at radius 1 is 1.30 bits per heavy atom. The van der Waals surface area contributed by atoms with Crippen molar-refractivity contribution in [3.05, 3.63) is 60.0 Å². The molecule has 0 aliphatic carbocycles. The minimum absolute atomic E-state index is 0.197. The second kappa shape index (κ2) is 4.79. The third-order valence-corrected chi connectivity index (χ3v) is 3.12. The summed E-state index contributed by atoms with van der Waals surface area (Å²) in [6.07, 6.45) is 6.69. The quantitative estimate of drug-likeness (QED) is 0.795. The van der Waals surface area contributed by atoms with Gasteiger partial charge in [0, 0.05) is 17.3 Å². The van der Waals surface area contributed by atoms with Crippen molar-refractivity contribution in [1.82, 2.24) is 5.06 Å². The number of rotatable bonds is 1. The monoisotopic (exact) mass is 268 g/mol. The molecule has 100 valence electrons. The SMILES string of the molecule is COC(=O)C1=Nc2ccccc2/C1=C1/C=CC=CN1O. The molecular formula is C15H12N2O3. The Labute approximate surface area is 115 Å². The second-order valence-electron chi connectivity index (χ2n) is 4.27. The van der Waals surface area contributed by atoms with Crippen LogP contribution >= 0.6 is 0 Å². The lowest BCUT2D eigenvalue weighted by Crippen LogP contribution is -2.21. The Morgan fingerprint density at radius 2 is 2.10 bits per heavy atom. The highest BCUT2D eigenvalue weighted by Gasteiger charge is 2.30. The maximum Gasteiger partial charge on any atom is 0.357 e. The highest BCUT2D eigenvalue weighted by atomic mass is 16.5. The van der Waals surface area contributed by atoms with E-state index in [9.17, 15) is 10.0 Å². The van der Waals surface area contributed by atoms with Gasteiger partial charge in [-0.25, -0.2) is 14.9 Å². The highest BCUT2D eigenvalue weighted by Crippen LogP contribution is 2.38. The number of carbonyl (C=O) groups is 1. The highest BCUT2D eigenvalue weighted by molar-refractivity contribution is 6.56. The van der Waals surface area contributed by atoms with Gasteiger partial charge in [-0.2, -0.15) is 0 Å². The van der Waals surface area contributed by atoms with E-state index in [0.29, 0.717) is 17.0 Å². The third-order valence-electron chi connectivity index (χ3n) is 3.12. The van der Waals surface area contributed by atoms with E-state index in [1.165, 1.54) is 13.3 Å². The van der Waals surface area contributed by atoms with Gasteiger partial charge >= 0.3 is 5.97 Å². The van der Waals surface area contributed by atoms with Gasteiger partial charge in [-0.05, 0) is 18.2 Å². The number of para-hydroxylation sites is 1. The molecule has 1 aromatic rings. The Bertz CT molecular complexity index is 699. The summed E-state index contributed by atoms with van der Waals surface area (Å²) in [7, 11) is 1.31. The third kappa shape index (κ3) is 1.85. The molecule has 2 aliphatic heterocycles. The van der Waals surface area contributed by atoms with Gasteiger partial charge < -0.3 is 4.74 Å². The fourth-order valence-corrected chi connectivity index (χ4v) is 2.22. The van der Waals surface area contributed by atoms with Crippen molar-refractivity contribution in [2.45, 2.75) is 0 Å². The number of aliphatic imine (C=N–C) groups is 1. The predicted octanol–water partition coefficient (Wildman–Crippen LogP) is 2.43. The predicted molar refractivity (Wildman–Crippen MR) is 74.4 cm³/mol. The van der Waals surface area contributed by atoms with Crippen LogP contribution in [0.1, 0.15) is 5.56 Å². The van der Waals surface area contributed by atoms with Crippen molar-refractivity contribution in [3.8, 4) is 0 Å². The molecule has 0 bridgehead atoms. The van der Waals surface area contributed by atoms with Crippen LogP contribution in [0.3, 0.4) is 0 Å². The summed E-state index contributed by atoms with van der Waals surface area (Å²) in [6.45, 7) is 0. The number of esters is 1. The molecule has 5 nitrogen and oxygen atoms in total. The minimum Gasteiger partial charge on any atom is -0.464 e. The zero-order valence-corrected chi connectivity index (χ0v) is 10.8. The average molecular weight is 268 g/mol. The molecule has 0 radical (unpaired) electrons. The molecule has 0 atom stereocenters. The summed E-state index contributed by atoms with van der Waals surface area (Å²) in [4.78, 5) is 16.2. The van der Waals surface area contributed by atoms with Crippen molar-refractivity contribution in [2.24, 2.45) is 4.99 Å². The minimum atomic E-state index is -0.528. The number of ether oxygens (including phenoxy) is 1. The van der Waals surface area contributed by atoms with Crippen molar-refractivity contribution in [3.63, 3.8) is 0 Å². The fourth-order valence-electron chi connectivity index (χ4n) is 2.22. The number of carbonyl (C=O) groups excluding carboxylic acids is 1. The number of allylic oxidation sites excluding steroid dienone is 3. The summed E-state index contributed by atoms with van der Waals surface area (Å²) in [5.74, 6) is -0.528.